The van der Waals surface area contributed by atoms with Crippen LogP contribution in [0.3, 0.4) is 0 Å². The number of nitrogens with zero attached hydrogens (tertiary/aromatic N) is 2. The molecule has 8 nitrogen and oxygen atoms in total. The molecule has 3 rings (SSSR count). The molecule has 0 fully saturated rings. The van der Waals surface area contributed by atoms with Gasteiger partial charge in [0.2, 0.25) is 10.0 Å². The third-order valence-corrected chi connectivity index (χ3v) is 6.55. The number of non-ortho nitro benzene ring substituents is 1. The first-order valence-corrected chi connectivity index (χ1v) is 11.4. The zero-order chi connectivity index (χ0) is 24.0. The van der Waals surface area contributed by atoms with E-state index in [0.717, 1.165) is 10.4 Å². The van der Waals surface area contributed by atoms with Crippen molar-refractivity contribution in [1.82, 2.24) is 4.31 Å². The van der Waals surface area contributed by atoms with Crippen molar-refractivity contribution in [3.8, 4) is 0 Å². The summed E-state index contributed by atoms with van der Waals surface area (Å²) in [6.45, 7) is 1.75. The van der Waals surface area contributed by atoms with E-state index in [2.05, 4.69) is 0 Å². The Morgan fingerprint density at radius 1 is 1.00 bits per heavy atom. The van der Waals surface area contributed by atoms with Crippen molar-refractivity contribution >= 4 is 21.7 Å². The quantitative estimate of drug-likeness (QED) is 0.261. The molecule has 0 unspecified atom stereocenters. The molecule has 0 radical (unpaired) electrons. The number of hydrogen-bond donors (Lipinski definition) is 0. The molecule has 0 N–H and O–H groups in total. The Kier molecular flexibility index (Phi) is 7.52. The number of carbonyl (C=O) groups excluding carboxylic acids is 1. The Hall–Kier alpha value is -3.63. The van der Waals surface area contributed by atoms with E-state index in [1.54, 1.807) is 19.1 Å². The molecule has 33 heavy (non-hydrogen) atoms. The highest BCUT2D eigenvalue weighted by molar-refractivity contribution is 7.89. The number of carbonyl (C=O) groups is 1. The number of nitro benzene ring substituents is 1. The highest BCUT2D eigenvalue weighted by atomic mass is 32.2. The van der Waals surface area contributed by atoms with Gasteiger partial charge in [-0.2, -0.15) is 4.31 Å². The third kappa shape index (κ3) is 5.99. The van der Waals surface area contributed by atoms with Gasteiger partial charge in [0.1, 0.15) is 5.82 Å². The minimum Gasteiger partial charge on any atom is -0.462 e. The summed E-state index contributed by atoms with van der Waals surface area (Å²) >= 11 is 0. The molecule has 0 bridgehead atoms. The van der Waals surface area contributed by atoms with Crippen LogP contribution in [0.25, 0.3) is 0 Å². The number of halogens is 1. The number of hydrogen-bond acceptors (Lipinski definition) is 6. The summed E-state index contributed by atoms with van der Waals surface area (Å²) in [6.07, 6.45) is 0. The van der Waals surface area contributed by atoms with Crippen LogP contribution >= 0.6 is 0 Å². The Labute approximate surface area is 190 Å². The molecule has 0 atom stereocenters. The van der Waals surface area contributed by atoms with E-state index in [0.29, 0.717) is 16.7 Å². The van der Waals surface area contributed by atoms with E-state index >= 15 is 0 Å². The van der Waals surface area contributed by atoms with Gasteiger partial charge in [-0.25, -0.2) is 17.6 Å². The number of nitro groups is 1. The Bertz CT molecular complexity index is 1240. The lowest BCUT2D eigenvalue weighted by Crippen LogP contribution is -2.30. The van der Waals surface area contributed by atoms with Gasteiger partial charge in [0.15, 0.2) is 0 Å². The van der Waals surface area contributed by atoms with Crippen LogP contribution in [0.2, 0.25) is 0 Å². The van der Waals surface area contributed by atoms with Crippen LogP contribution in [-0.4, -0.2) is 30.2 Å². The molecular formula is C23H21FN2O6S. The number of rotatable bonds is 9. The fourth-order valence-corrected chi connectivity index (χ4v) is 4.55. The SMILES string of the molecule is CCOC(=O)c1ccc(CN(Cc2ccc(F)cc2)S(=O)(=O)c2cccc([N+](=O)[O-])c2)cc1. The Morgan fingerprint density at radius 2 is 1.58 bits per heavy atom. The van der Waals surface area contributed by atoms with Gasteiger partial charge in [0.25, 0.3) is 5.69 Å². The van der Waals surface area contributed by atoms with Gasteiger partial charge in [-0.1, -0.05) is 30.3 Å². The molecule has 0 aliphatic rings. The van der Waals surface area contributed by atoms with Gasteiger partial charge in [-0.3, -0.25) is 10.1 Å². The van der Waals surface area contributed by atoms with Crippen molar-refractivity contribution < 1.29 is 27.3 Å². The molecule has 0 aromatic heterocycles. The van der Waals surface area contributed by atoms with Crippen molar-refractivity contribution in [2.24, 2.45) is 0 Å². The molecule has 0 spiro atoms. The first-order valence-electron chi connectivity index (χ1n) is 9.96. The maximum Gasteiger partial charge on any atom is 0.338 e. The second-order valence-corrected chi connectivity index (χ2v) is 9.01. The first kappa shape index (κ1) is 24.0. The van der Waals surface area contributed by atoms with Gasteiger partial charge in [-0.15, -0.1) is 0 Å². The molecule has 0 aliphatic carbocycles. The summed E-state index contributed by atoms with van der Waals surface area (Å²) in [5.74, 6) is -0.946. The lowest BCUT2D eigenvalue weighted by molar-refractivity contribution is -0.385. The maximum absolute atomic E-state index is 13.4. The zero-order valence-corrected chi connectivity index (χ0v) is 18.5. The van der Waals surface area contributed by atoms with E-state index in [9.17, 15) is 27.7 Å². The van der Waals surface area contributed by atoms with Crippen LogP contribution in [0.5, 0.6) is 0 Å². The van der Waals surface area contributed by atoms with Crippen LogP contribution in [-0.2, 0) is 27.8 Å². The molecule has 0 aliphatic heterocycles. The second kappa shape index (κ2) is 10.3. The van der Waals surface area contributed by atoms with Gasteiger partial charge in [0.05, 0.1) is 22.0 Å². The third-order valence-electron chi connectivity index (χ3n) is 4.76. The molecule has 3 aromatic carbocycles. The number of benzene rings is 3. The fourth-order valence-electron chi connectivity index (χ4n) is 3.09. The molecule has 0 saturated carbocycles. The van der Waals surface area contributed by atoms with Crippen LogP contribution in [0.1, 0.15) is 28.4 Å². The Morgan fingerprint density at radius 3 is 2.12 bits per heavy atom. The van der Waals surface area contributed by atoms with Crippen molar-refractivity contribution in [3.63, 3.8) is 0 Å². The summed E-state index contributed by atoms with van der Waals surface area (Å²) in [6, 6.07) is 16.4. The predicted molar refractivity (Wildman–Crippen MR) is 118 cm³/mol. The zero-order valence-electron chi connectivity index (χ0n) is 17.7. The molecule has 0 saturated heterocycles. The monoisotopic (exact) mass is 472 g/mol. The molecule has 3 aromatic rings. The minimum atomic E-state index is -4.16. The normalized spacial score (nSPS) is 11.4. The summed E-state index contributed by atoms with van der Waals surface area (Å²) < 4.78 is 46.2. The summed E-state index contributed by atoms with van der Waals surface area (Å²) in [5.41, 5.74) is 1.09. The van der Waals surface area contributed by atoms with E-state index in [1.165, 1.54) is 54.6 Å². The summed E-state index contributed by atoms with van der Waals surface area (Å²) in [4.78, 5) is 22.1. The largest absolute Gasteiger partial charge is 0.462 e. The highest BCUT2D eigenvalue weighted by Crippen LogP contribution is 2.24. The van der Waals surface area contributed by atoms with Crippen LogP contribution in [0.4, 0.5) is 10.1 Å². The van der Waals surface area contributed by atoms with E-state index in [4.69, 9.17) is 4.74 Å². The molecule has 0 amide bonds. The molecule has 172 valence electrons. The van der Waals surface area contributed by atoms with Crippen LogP contribution in [0, 0.1) is 15.9 Å². The smallest absolute Gasteiger partial charge is 0.338 e. The topological polar surface area (TPSA) is 107 Å². The van der Waals surface area contributed by atoms with E-state index in [1.807, 2.05) is 0 Å². The number of sulfonamides is 1. The average molecular weight is 472 g/mol. The lowest BCUT2D eigenvalue weighted by atomic mass is 10.1. The predicted octanol–water partition coefficient (Wildman–Crippen LogP) is 4.30. The summed E-state index contributed by atoms with van der Waals surface area (Å²) in [5, 5.41) is 11.1. The first-order chi connectivity index (χ1) is 15.7. The van der Waals surface area contributed by atoms with Crippen LogP contribution < -0.4 is 0 Å². The summed E-state index contributed by atoms with van der Waals surface area (Å²) in [7, 11) is -4.16. The van der Waals surface area contributed by atoms with Gasteiger partial charge in [0, 0.05) is 25.2 Å². The lowest BCUT2D eigenvalue weighted by Gasteiger charge is -2.22. The molecule has 0 heterocycles. The van der Waals surface area contributed by atoms with Gasteiger partial charge >= 0.3 is 5.97 Å². The van der Waals surface area contributed by atoms with Crippen molar-refractivity contribution in [1.29, 1.82) is 0 Å². The van der Waals surface area contributed by atoms with Crippen molar-refractivity contribution in [3.05, 3.63) is 105 Å². The van der Waals surface area contributed by atoms with E-state index < -0.39 is 26.7 Å². The maximum atomic E-state index is 13.4. The highest BCUT2D eigenvalue weighted by Gasteiger charge is 2.27. The van der Waals surface area contributed by atoms with Crippen molar-refractivity contribution in [2.45, 2.75) is 24.9 Å². The van der Waals surface area contributed by atoms with E-state index in [-0.39, 0.29) is 30.3 Å². The van der Waals surface area contributed by atoms with Gasteiger partial charge in [-0.05, 0) is 48.4 Å². The number of esters is 1. The number of ether oxygens (including phenoxy) is 1. The minimum absolute atomic E-state index is 0.0779. The van der Waals surface area contributed by atoms with Crippen molar-refractivity contribution in [2.75, 3.05) is 6.61 Å². The second-order valence-electron chi connectivity index (χ2n) is 7.07. The van der Waals surface area contributed by atoms with Gasteiger partial charge < -0.3 is 4.74 Å². The average Bonchev–Trinajstić information content (AvgIpc) is 2.80. The fraction of sp³-hybridized carbons (Fsp3) is 0.174. The molecular weight excluding hydrogens is 451 g/mol. The standard InChI is InChI=1S/C23H21FN2O6S/c1-2-32-23(27)19-10-6-17(7-11-19)15-25(16-18-8-12-20(24)13-9-18)33(30,31)22-5-3-4-21(14-22)26(28)29/h3-14H,2,15-16H2,1H3. The Balaban J connectivity index is 1.95. The van der Waals surface area contributed by atoms with Crippen LogP contribution in [0.15, 0.2) is 77.7 Å². The molecule has 10 heteroatoms.